The molecule has 2 amide bonds. The molecule has 1 aliphatic heterocycles. The molecule has 2 unspecified atom stereocenters. The summed E-state index contributed by atoms with van der Waals surface area (Å²) in [5, 5.41) is 7.55. The number of benzene rings is 2. The fraction of sp³-hybridized carbons (Fsp3) is 0.308. The Balaban J connectivity index is 1.62. The molecule has 10 nitrogen and oxygen atoms in total. The van der Waals surface area contributed by atoms with E-state index in [9.17, 15) is 9.59 Å². The van der Waals surface area contributed by atoms with Crippen LogP contribution in [-0.4, -0.2) is 72.9 Å². The molecule has 1 aromatic heterocycles. The molecule has 2 heterocycles. The predicted molar refractivity (Wildman–Crippen MR) is 146 cm³/mol. The second kappa shape index (κ2) is 11.7. The Morgan fingerprint density at radius 2 is 1.82 bits per heavy atom. The van der Waals surface area contributed by atoms with Crippen molar-refractivity contribution in [1.29, 1.82) is 0 Å². The highest BCUT2D eigenvalue weighted by Gasteiger charge is 2.37. The van der Waals surface area contributed by atoms with Crippen LogP contribution in [0.1, 0.15) is 6.92 Å². The first-order valence-electron chi connectivity index (χ1n) is 11.8. The van der Waals surface area contributed by atoms with Crippen LogP contribution >= 0.6 is 23.2 Å². The van der Waals surface area contributed by atoms with Gasteiger partial charge in [-0.05, 0) is 30.7 Å². The smallest absolute Gasteiger partial charge is 0.409 e. The zero-order valence-corrected chi connectivity index (χ0v) is 22.6. The van der Waals surface area contributed by atoms with Gasteiger partial charge < -0.3 is 29.7 Å². The molecule has 1 saturated heterocycles. The maximum atomic E-state index is 12.3. The van der Waals surface area contributed by atoms with Crippen molar-refractivity contribution in [2.75, 3.05) is 39.2 Å². The molecule has 2 N–H and O–H groups in total. The number of hydrogen-bond acceptors (Lipinski definition) is 8. The fourth-order valence-corrected chi connectivity index (χ4v) is 4.98. The molecule has 0 saturated carbocycles. The van der Waals surface area contributed by atoms with Crippen LogP contribution in [0.25, 0.3) is 22.0 Å². The lowest BCUT2D eigenvalue weighted by atomic mass is 10.0. The number of fused-ring (bicyclic) bond motifs is 1. The van der Waals surface area contributed by atoms with E-state index in [2.05, 4.69) is 27.2 Å². The summed E-state index contributed by atoms with van der Waals surface area (Å²) in [6, 6.07) is 6.44. The van der Waals surface area contributed by atoms with Crippen molar-refractivity contribution in [3.8, 4) is 22.6 Å². The van der Waals surface area contributed by atoms with Gasteiger partial charge in [-0.1, -0.05) is 35.8 Å². The lowest BCUT2D eigenvalue weighted by molar-refractivity contribution is -0.117. The van der Waals surface area contributed by atoms with Crippen molar-refractivity contribution in [1.82, 2.24) is 20.2 Å². The quantitative estimate of drug-likeness (QED) is 0.386. The van der Waals surface area contributed by atoms with E-state index in [4.69, 9.17) is 37.4 Å². The van der Waals surface area contributed by atoms with Gasteiger partial charge in [0.05, 0.1) is 48.5 Å². The first-order chi connectivity index (χ1) is 18.3. The number of aromatic nitrogens is 2. The van der Waals surface area contributed by atoms with Crippen molar-refractivity contribution in [3.63, 3.8) is 0 Å². The molecule has 1 aliphatic rings. The number of likely N-dealkylation sites (tertiary alicyclic amines) is 1. The van der Waals surface area contributed by atoms with Gasteiger partial charge >= 0.3 is 6.09 Å². The summed E-state index contributed by atoms with van der Waals surface area (Å²) >= 11 is 13.2. The van der Waals surface area contributed by atoms with Gasteiger partial charge in [-0.2, -0.15) is 0 Å². The summed E-state index contributed by atoms with van der Waals surface area (Å²) in [4.78, 5) is 34.8. The zero-order chi connectivity index (χ0) is 27.4. The molecule has 2 atom stereocenters. The van der Waals surface area contributed by atoms with Gasteiger partial charge in [0.15, 0.2) is 0 Å². The number of nitrogens with zero attached hydrogens (tertiary/aromatic N) is 3. The topological polar surface area (TPSA) is 115 Å². The monoisotopic (exact) mass is 559 g/mol. The van der Waals surface area contributed by atoms with E-state index in [0.717, 1.165) is 10.9 Å². The number of ether oxygens (including phenoxy) is 3. The maximum Gasteiger partial charge on any atom is 0.409 e. The number of nitrogens with one attached hydrogen (secondary N) is 2. The maximum absolute atomic E-state index is 12.3. The van der Waals surface area contributed by atoms with Gasteiger partial charge in [0.25, 0.3) is 0 Å². The Labute approximate surface area is 229 Å². The predicted octanol–water partition coefficient (Wildman–Crippen LogP) is 4.54. The molecule has 38 heavy (non-hydrogen) atoms. The van der Waals surface area contributed by atoms with E-state index < -0.39 is 6.09 Å². The van der Waals surface area contributed by atoms with Gasteiger partial charge in [-0.25, -0.2) is 14.8 Å². The number of carbonyl (C=O) groups is 2. The number of amides is 2. The highest BCUT2D eigenvalue weighted by atomic mass is 35.5. The number of anilines is 1. The summed E-state index contributed by atoms with van der Waals surface area (Å²) in [6.45, 7) is 6.07. The molecule has 0 bridgehead atoms. The second-order valence-corrected chi connectivity index (χ2v) is 9.18. The van der Waals surface area contributed by atoms with Gasteiger partial charge in [-0.15, -0.1) is 0 Å². The van der Waals surface area contributed by atoms with Crippen molar-refractivity contribution >= 4 is 52.1 Å². The first-order valence-corrected chi connectivity index (χ1v) is 12.5. The number of rotatable bonds is 8. The summed E-state index contributed by atoms with van der Waals surface area (Å²) in [5.41, 5.74) is 1.97. The van der Waals surface area contributed by atoms with E-state index >= 15 is 0 Å². The molecule has 200 valence electrons. The van der Waals surface area contributed by atoms with Crippen molar-refractivity contribution in [3.05, 3.63) is 53.2 Å². The largest absolute Gasteiger partial charge is 0.495 e. The fourth-order valence-electron chi connectivity index (χ4n) is 4.27. The minimum atomic E-state index is -0.451. The van der Waals surface area contributed by atoms with Crippen LogP contribution in [0.3, 0.4) is 0 Å². The minimum absolute atomic E-state index is 0.256. The van der Waals surface area contributed by atoms with Crippen LogP contribution in [0.2, 0.25) is 10.0 Å². The second-order valence-electron chi connectivity index (χ2n) is 8.43. The van der Waals surface area contributed by atoms with Gasteiger partial charge in [0.2, 0.25) is 11.9 Å². The Bertz CT molecular complexity index is 1360. The highest BCUT2D eigenvalue weighted by molar-refractivity contribution is 6.41. The third-order valence-corrected chi connectivity index (χ3v) is 6.87. The Morgan fingerprint density at radius 3 is 2.45 bits per heavy atom. The van der Waals surface area contributed by atoms with Crippen LogP contribution in [-0.2, 0) is 9.53 Å². The van der Waals surface area contributed by atoms with Crippen molar-refractivity contribution in [2.45, 2.75) is 19.0 Å². The number of halogens is 2. The van der Waals surface area contributed by atoms with Crippen LogP contribution in [0.4, 0.5) is 10.7 Å². The van der Waals surface area contributed by atoms with E-state index in [1.165, 1.54) is 25.2 Å². The van der Waals surface area contributed by atoms with E-state index in [0.29, 0.717) is 45.1 Å². The molecule has 3 aromatic rings. The van der Waals surface area contributed by atoms with E-state index in [1.54, 1.807) is 19.2 Å². The van der Waals surface area contributed by atoms with E-state index in [1.807, 2.05) is 18.2 Å². The van der Waals surface area contributed by atoms with Crippen molar-refractivity contribution < 1.29 is 23.8 Å². The lowest BCUT2D eigenvalue weighted by Crippen LogP contribution is -2.45. The Kier molecular flexibility index (Phi) is 8.43. The van der Waals surface area contributed by atoms with Crippen LogP contribution in [0.5, 0.6) is 11.5 Å². The number of hydrogen-bond donors (Lipinski definition) is 2. The average Bonchev–Trinajstić information content (AvgIpc) is 3.31. The molecule has 12 heteroatoms. The van der Waals surface area contributed by atoms with Crippen molar-refractivity contribution in [2.24, 2.45) is 0 Å². The normalized spacial score (nSPS) is 16.7. The molecule has 0 aliphatic carbocycles. The third-order valence-electron chi connectivity index (χ3n) is 6.12. The SMILES string of the molecule is C=CC(=O)NC1CN(C(=O)OCC)CC1Nc1ncc2cc(-c3c(Cl)c(OC)cc(OC)c3Cl)ccc2n1. The number of carbonyl (C=O) groups excluding carboxylic acids is 2. The summed E-state index contributed by atoms with van der Waals surface area (Å²) < 4.78 is 15.9. The molecule has 4 rings (SSSR count). The van der Waals surface area contributed by atoms with Crippen LogP contribution in [0, 0.1) is 0 Å². The standard InChI is InChI=1S/C26H27Cl2N5O5/c1-5-21(34)30-17-12-33(26(35)38-6-2)13-18(17)32-25-29-11-15-9-14(7-8-16(15)31-25)22-23(27)19(36-3)10-20(37-4)24(22)28/h5,7-11,17-18H,1,6,12-13H2,2-4H3,(H,30,34)(H,29,31,32). The molecule has 1 fully saturated rings. The van der Waals surface area contributed by atoms with E-state index in [-0.39, 0.29) is 31.1 Å². The molecule has 0 radical (unpaired) electrons. The molecular weight excluding hydrogens is 533 g/mol. The first kappa shape index (κ1) is 27.3. The van der Waals surface area contributed by atoms with Crippen LogP contribution in [0.15, 0.2) is 43.1 Å². The average molecular weight is 560 g/mol. The summed E-state index contributed by atoms with van der Waals surface area (Å²) in [7, 11) is 3.04. The van der Waals surface area contributed by atoms with Gasteiger partial charge in [-0.3, -0.25) is 4.79 Å². The summed E-state index contributed by atoms with van der Waals surface area (Å²) in [6.07, 6.45) is 2.40. The number of methoxy groups -OCH3 is 2. The summed E-state index contributed by atoms with van der Waals surface area (Å²) in [5.74, 6) is 0.875. The molecule has 0 spiro atoms. The Morgan fingerprint density at radius 1 is 1.13 bits per heavy atom. The van der Waals surface area contributed by atoms with Gasteiger partial charge in [0, 0.05) is 36.3 Å². The molecular formula is C26H27Cl2N5O5. The molecule has 2 aromatic carbocycles. The van der Waals surface area contributed by atoms with Crippen LogP contribution < -0.4 is 20.1 Å². The van der Waals surface area contributed by atoms with Gasteiger partial charge in [0.1, 0.15) is 11.5 Å². The third kappa shape index (κ3) is 5.56. The Hall–Kier alpha value is -3.76. The lowest BCUT2D eigenvalue weighted by Gasteiger charge is -2.20. The highest BCUT2D eigenvalue weighted by Crippen LogP contribution is 2.46. The zero-order valence-electron chi connectivity index (χ0n) is 21.1. The minimum Gasteiger partial charge on any atom is -0.495 e.